The van der Waals surface area contributed by atoms with Crippen LogP contribution in [0.1, 0.15) is 16.3 Å². The maximum atomic E-state index is 13.1. The van der Waals surface area contributed by atoms with E-state index in [1.165, 1.54) is 12.1 Å². The van der Waals surface area contributed by atoms with Crippen LogP contribution in [-0.4, -0.2) is 41.2 Å². The van der Waals surface area contributed by atoms with Crippen molar-refractivity contribution in [2.75, 3.05) is 31.1 Å². The molecule has 3 aromatic rings. The summed E-state index contributed by atoms with van der Waals surface area (Å²) >= 11 is 6.10. The van der Waals surface area contributed by atoms with Crippen molar-refractivity contribution in [3.63, 3.8) is 0 Å². The summed E-state index contributed by atoms with van der Waals surface area (Å²) < 4.78 is 31.3. The van der Waals surface area contributed by atoms with Crippen molar-refractivity contribution in [1.29, 1.82) is 0 Å². The molecular formula is C22H20ClFN2O3S. The Balaban J connectivity index is 1.36. The van der Waals surface area contributed by atoms with E-state index in [9.17, 15) is 13.4 Å². The summed E-state index contributed by atoms with van der Waals surface area (Å²) in [5.74, 6) is 0.396. The van der Waals surface area contributed by atoms with Crippen LogP contribution >= 0.6 is 11.6 Å². The van der Waals surface area contributed by atoms with Gasteiger partial charge in [0.2, 0.25) is 0 Å². The summed E-state index contributed by atoms with van der Waals surface area (Å²) in [7, 11) is -1.36. The Bertz CT molecular complexity index is 1060. The van der Waals surface area contributed by atoms with Gasteiger partial charge in [-0.25, -0.2) is 4.39 Å². The smallest absolute Gasteiger partial charge is 0.289 e. The van der Waals surface area contributed by atoms with Crippen LogP contribution in [0, 0.1) is 5.82 Å². The topological polar surface area (TPSA) is 53.8 Å². The Morgan fingerprint density at radius 1 is 1.00 bits per heavy atom. The lowest BCUT2D eigenvalue weighted by Gasteiger charge is -2.35. The highest BCUT2D eigenvalue weighted by Crippen LogP contribution is 2.23. The molecule has 30 heavy (non-hydrogen) atoms. The second kappa shape index (κ2) is 9.02. The lowest BCUT2D eigenvalue weighted by Crippen LogP contribution is -2.48. The van der Waals surface area contributed by atoms with Gasteiger partial charge < -0.3 is 14.2 Å². The van der Waals surface area contributed by atoms with E-state index in [1.807, 2.05) is 0 Å². The molecule has 1 atom stereocenters. The van der Waals surface area contributed by atoms with Gasteiger partial charge in [-0.15, -0.1) is 0 Å². The normalized spacial score (nSPS) is 15.3. The molecule has 2 heterocycles. The Kier molecular flexibility index (Phi) is 6.20. The molecule has 4 rings (SSSR count). The van der Waals surface area contributed by atoms with Crippen molar-refractivity contribution in [3.05, 3.63) is 83.0 Å². The fourth-order valence-corrected chi connectivity index (χ4v) is 4.86. The summed E-state index contributed by atoms with van der Waals surface area (Å²) in [6, 6.07) is 16.6. The molecule has 1 saturated heterocycles. The van der Waals surface area contributed by atoms with Crippen LogP contribution in [0.4, 0.5) is 10.1 Å². The molecule has 8 heteroatoms. The van der Waals surface area contributed by atoms with Crippen LogP contribution < -0.4 is 4.90 Å². The number of furan rings is 1. The number of nitrogens with zero attached hydrogens (tertiary/aromatic N) is 2. The Morgan fingerprint density at radius 3 is 2.40 bits per heavy atom. The number of rotatable bonds is 5. The van der Waals surface area contributed by atoms with E-state index < -0.39 is 10.8 Å². The molecule has 0 aliphatic carbocycles. The molecule has 1 aliphatic heterocycles. The van der Waals surface area contributed by atoms with Gasteiger partial charge >= 0.3 is 0 Å². The van der Waals surface area contributed by atoms with Crippen LogP contribution in [0.3, 0.4) is 0 Å². The maximum absolute atomic E-state index is 13.1. The molecule has 1 fully saturated rings. The lowest BCUT2D eigenvalue weighted by atomic mass is 10.2. The van der Waals surface area contributed by atoms with Gasteiger partial charge in [-0.3, -0.25) is 9.00 Å². The van der Waals surface area contributed by atoms with Gasteiger partial charge in [0.25, 0.3) is 5.91 Å². The molecule has 156 valence electrons. The predicted octanol–water partition coefficient (Wildman–Crippen LogP) is 4.34. The number of halogens is 2. The fraction of sp³-hybridized carbons (Fsp3) is 0.227. The summed E-state index contributed by atoms with van der Waals surface area (Å²) in [6.45, 7) is 2.39. The molecule has 0 saturated carbocycles. The highest BCUT2D eigenvalue weighted by Gasteiger charge is 2.25. The molecule has 1 amide bonds. The third-order valence-electron chi connectivity index (χ3n) is 4.99. The number of anilines is 1. The molecule has 1 aromatic heterocycles. The van der Waals surface area contributed by atoms with Crippen molar-refractivity contribution >= 4 is 34.0 Å². The van der Waals surface area contributed by atoms with Gasteiger partial charge in [0.15, 0.2) is 5.76 Å². The zero-order valence-corrected chi connectivity index (χ0v) is 17.7. The fourth-order valence-electron chi connectivity index (χ4n) is 3.38. The highest BCUT2D eigenvalue weighted by molar-refractivity contribution is 7.84. The molecule has 0 N–H and O–H groups in total. The zero-order chi connectivity index (χ0) is 21.1. The van der Waals surface area contributed by atoms with Crippen LogP contribution in [-0.2, 0) is 16.6 Å². The van der Waals surface area contributed by atoms with Crippen LogP contribution in [0.5, 0.6) is 0 Å². The molecule has 5 nitrogen and oxygen atoms in total. The average molecular weight is 447 g/mol. The number of hydrogen-bond donors (Lipinski definition) is 0. The average Bonchev–Trinajstić information content (AvgIpc) is 3.22. The monoisotopic (exact) mass is 446 g/mol. The van der Waals surface area contributed by atoms with E-state index in [0.717, 1.165) is 5.69 Å². The third-order valence-corrected chi connectivity index (χ3v) is 6.82. The molecule has 2 aromatic carbocycles. The Labute approximate surface area is 181 Å². The van der Waals surface area contributed by atoms with E-state index in [1.54, 1.807) is 53.4 Å². The van der Waals surface area contributed by atoms with Crippen molar-refractivity contribution < 1.29 is 17.8 Å². The third kappa shape index (κ3) is 4.57. The number of piperazine rings is 1. The summed E-state index contributed by atoms with van der Waals surface area (Å²) in [5, 5.41) is 0.442. The van der Waals surface area contributed by atoms with Crippen LogP contribution in [0.2, 0.25) is 5.02 Å². The number of hydrogen-bond acceptors (Lipinski definition) is 4. The molecule has 0 bridgehead atoms. The number of amides is 1. The number of carbonyl (C=O) groups excluding carboxylic acids is 1. The number of benzene rings is 2. The first-order valence-electron chi connectivity index (χ1n) is 9.52. The van der Waals surface area contributed by atoms with E-state index >= 15 is 0 Å². The predicted molar refractivity (Wildman–Crippen MR) is 115 cm³/mol. The second-order valence-electron chi connectivity index (χ2n) is 6.94. The van der Waals surface area contributed by atoms with Gasteiger partial charge in [0.1, 0.15) is 11.6 Å². The standard InChI is InChI=1S/C22H20ClFN2O3S/c23-19-3-1-2-4-21(19)30(28)15-18-9-10-20(29-18)22(27)26-13-11-25(12-14-26)17-7-5-16(24)6-8-17/h1-10H,11-15H2. The van der Waals surface area contributed by atoms with Gasteiger partial charge in [-0.2, -0.15) is 0 Å². The highest BCUT2D eigenvalue weighted by atomic mass is 35.5. The number of carbonyl (C=O) groups is 1. The SMILES string of the molecule is O=C(c1ccc(CS(=O)c2ccccc2Cl)o1)N1CCN(c2ccc(F)cc2)CC1. The molecule has 0 radical (unpaired) electrons. The zero-order valence-electron chi connectivity index (χ0n) is 16.1. The second-order valence-corrected chi connectivity index (χ2v) is 8.77. The van der Waals surface area contributed by atoms with Gasteiger partial charge in [0.05, 0.1) is 26.5 Å². The maximum Gasteiger partial charge on any atom is 0.289 e. The van der Waals surface area contributed by atoms with E-state index in [4.69, 9.17) is 16.0 Å². The Morgan fingerprint density at radius 2 is 1.70 bits per heavy atom. The van der Waals surface area contributed by atoms with Crippen LogP contribution in [0.15, 0.2) is 70.0 Å². The van der Waals surface area contributed by atoms with Crippen molar-refractivity contribution in [2.45, 2.75) is 10.6 Å². The molecule has 1 unspecified atom stereocenters. The first-order chi connectivity index (χ1) is 14.5. The summed E-state index contributed by atoms with van der Waals surface area (Å²) in [6.07, 6.45) is 0. The van der Waals surface area contributed by atoms with Gasteiger partial charge in [-0.05, 0) is 48.5 Å². The van der Waals surface area contributed by atoms with Gasteiger partial charge in [0, 0.05) is 31.9 Å². The van der Waals surface area contributed by atoms with E-state index in [0.29, 0.717) is 41.9 Å². The van der Waals surface area contributed by atoms with Crippen molar-refractivity contribution in [3.8, 4) is 0 Å². The lowest BCUT2D eigenvalue weighted by molar-refractivity contribution is 0.0713. The molecular weight excluding hydrogens is 427 g/mol. The first-order valence-corrected chi connectivity index (χ1v) is 11.2. The molecule has 1 aliphatic rings. The van der Waals surface area contributed by atoms with Crippen molar-refractivity contribution in [2.24, 2.45) is 0 Å². The summed E-state index contributed by atoms with van der Waals surface area (Å²) in [4.78, 5) is 17.2. The van der Waals surface area contributed by atoms with E-state index in [-0.39, 0.29) is 23.2 Å². The first kappa shape index (κ1) is 20.6. The minimum atomic E-state index is -1.36. The minimum absolute atomic E-state index is 0.148. The summed E-state index contributed by atoms with van der Waals surface area (Å²) in [5.41, 5.74) is 0.936. The molecule has 0 spiro atoms. The van der Waals surface area contributed by atoms with E-state index in [2.05, 4.69) is 4.90 Å². The quantitative estimate of drug-likeness (QED) is 0.585. The van der Waals surface area contributed by atoms with Crippen molar-refractivity contribution in [1.82, 2.24) is 4.90 Å². The van der Waals surface area contributed by atoms with Crippen LogP contribution in [0.25, 0.3) is 0 Å². The Hall–Kier alpha value is -2.64. The largest absolute Gasteiger partial charge is 0.455 e. The minimum Gasteiger partial charge on any atom is -0.455 e. The van der Waals surface area contributed by atoms with Gasteiger partial charge in [-0.1, -0.05) is 23.7 Å².